The second-order valence-electron chi connectivity index (χ2n) is 9.15. The molecule has 0 aliphatic carbocycles. The summed E-state index contributed by atoms with van der Waals surface area (Å²) in [5.74, 6) is 2.23. The summed E-state index contributed by atoms with van der Waals surface area (Å²) in [7, 11) is 1.88. The van der Waals surface area contributed by atoms with Crippen molar-refractivity contribution in [3.8, 4) is 0 Å². The number of halogens is 1. The lowest BCUT2D eigenvalue weighted by atomic mass is 10.1. The number of pyridine rings is 1. The quantitative estimate of drug-likeness (QED) is 0.505. The van der Waals surface area contributed by atoms with Gasteiger partial charge in [-0.1, -0.05) is 0 Å². The molecule has 11 nitrogen and oxygen atoms in total. The number of nitrogens with zero attached hydrogens (tertiary/aromatic N) is 8. The summed E-state index contributed by atoms with van der Waals surface area (Å²) in [4.78, 5) is 18.8. The highest BCUT2D eigenvalue weighted by atomic mass is 19.1. The summed E-state index contributed by atoms with van der Waals surface area (Å²) in [6.07, 6.45) is 0.720. The summed E-state index contributed by atoms with van der Waals surface area (Å²) in [5, 5.41) is 29.1. The molecule has 12 heteroatoms. The number of aliphatic hydroxyl groups excluding tert-OH is 2. The largest absolute Gasteiger partial charge is 0.390 e. The van der Waals surface area contributed by atoms with Gasteiger partial charge in [0.25, 0.3) is 0 Å². The molecule has 2 saturated heterocycles. The molecule has 5 rings (SSSR count). The van der Waals surface area contributed by atoms with Crippen LogP contribution in [0.1, 0.15) is 26.3 Å². The molecule has 2 aliphatic heterocycles. The van der Waals surface area contributed by atoms with Crippen LogP contribution < -0.4 is 15.1 Å². The van der Waals surface area contributed by atoms with Gasteiger partial charge in [0.1, 0.15) is 17.8 Å². The van der Waals surface area contributed by atoms with Crippen LogP contribution in [0.2, 0.25) is 0 Å². The van der Waals surface area contributed by atoms with Crippen LogP contribution in [0.4, 0.5) is 27.8 Å². The number of aliphatic hydroxyl groups is 2. The van der Waals surface area contributed by atoms with E-state index in [-0.39, 0.29) is 12.6 Å². The molecule has 3 unspecified atom stereocenters. The third-order valence-corrected chi connectivity index (χ3v) is 6.39. The molecule has 2 fully saturated rings. The topological polar surface area (TPSA) is 119 Å². The van der Waals surface area contributed by atoms with E-state index in [1.807, 2.05) is 27.6 Å². The summed E-state index contributed by atoms with van der Waals surface area (Å²) < 4.78 is 15.9. The molecule has 3 aromatic rings. The predicted octanol–water partition coefficient (Wildman–Crippen LogP) is 1.48. The van der Waals surface area contributed by atoms with E-state index in [0.717, 1.165) is 17.4 Å². The highest BCUT2D eigenvalue weighted by molar-refractivity contribution is 5.92. The molecule has 0 amide bonds. The highest BCUT2D eigenvalue weighted by Gasteiger charge is 2.31. The van der Waals surface area contributed by atoms with Gasteiger partial charge in [-0.05, 0) is 33.4 Å². The van der Waals surface area contributed by atoms with Gasteiger partial charge in [-0.3, -0.25) is 9.58 Å². The minimum Gasteiger partial charge on any atom is -0.390 e. The van der Waals surface area contributed by atoms with E-state index in [1.165, 1.54) is 0 Å². The van der Waals surface area contributed by atoms with E-state index in [4.69, 9.17) is 5.10 Å². The van der Waals surface area contributed by atoms with Crippen molar-refractivity contribution >= 4 is 34.3 Å². The number of fused-ring (bicyclic) bond motifs is 1. The molecule has 182 valence electrons. The number of aromatic nitrogens is 5. The third kappa shape index (κ3) is 4.12. The molecule has 2 aliphatic rings. The van der Waals surface area contributed by atoms with E-state index in [2.05, 4.69) is 34.1 Å². The molecular formula is C22H30FN9O2. The van der Waals surface area contributed by atoms with Crippen LogP contribution in [0.5, 0.6) is 0 Å². The minimum absolute atomic E-state index is 0.0583. The van der Waals surface area contributed by atoms with Gasteiger partial charge in [-0.25, -0.2) is 14.4 Å². The molecule has 34 heavy (non-hydrogen) atoms. The van der Waals surface area contributed by atoms with Gasteiger partial charge >= 0.3 is 0 Å². The zero-order chi connectivity index (χ0) is 24.0. The Kier molecular flexibility index (Phi) is 5.96. The second-order valence-corrected chi connectivity index (χ2v) is 9.15. The first kappa shape index (κ1) is 22.7. The molecule has 3 atom stereocenters. The lowest BCUT2D eigenvalue weighted by Gasteiger charge is -2.32. The number of likely N-dealkylation sites (N-methyl/N-ethyl adjacent to an activating group) is 1. The molecule has 5 heterocycles. The first-order valence-electron chi connectivity index (χ1n) is 11.5. The molecule has 0 spiro atoms. The summed E-state index contributed by atoms with van der Waals surface area (Å²) in [5.41, 5.74) is 0.892. The maximum absolute atomic E-state index is 14.0. The van der Waals surface area contributed by atoms with E-state index in [1.54, 1.807) is 23.4 Å². The molecule has 3 aromatic heterocycles. The van der Waals surface area contributed by atoms with Crippen molar-refractivity contribution in [2.24, 2.45) is 0 Å². The first-order valence-corrected chi connectivity index (χ1v) is 11.5. The molecule has 0 bridgehead atoms. The van der Waals surface area contributed by atoms with Crippen molar-refractivity contribution in [2.75, 3.05) is 48.3 Å². The van der Waals surface area contributed by atoms with E-state index in [9.17, 15) is 14.6 Å². The van der Waals surface area contributed by atoms with E-state index in [0.29, 0.717) is 42.9 Å². The van der Waals surface area contributed by atoms with Crippen molar-refractivity contribution in [3.63, 3.8) is 0 Å². The number of anilines is 4. The zero-order valence-corrected chi connectivity index (χ0v) is 19.5. The molecular weight excluding hydrogens is 441 g/mol. The maximum atomic E-state index is 14.0. The normalized spacial score (nSPS) is 23.9. The van der Waals surface area contributed by atoms with Crippen LogP contribution >= 0.6 is 0 Å². The molecule has 0 saturated carbocycles. The number of hydrogen-bond donors (Lipinski definition) is 3. The van der Waals surface area contributed by atoms with Gasteiger partial charge < -0.3 is 25.3 Å². The Labute approximate surface area is 196 Å². The Morgan fingerprint density at radius 2 is 1.97 bits per heavy atom. The van der Waals surface area contributed by atoms with Gasteiger partial charge in [0, 0.05) is 44.1 Å². The van der Waals surface area contributed by atoms with Crippen molar-refractivity contribution in [1.29, 1.82) is 0 Å². The van der Waals surface area contributed by atoms with Gasteiger partial charge in [0.2, 0.25) is 5.95 Å². The SMILES string of the molecule is CC(C)n1nc(N2CCN(C)C2O)c2cnc(Nc3ccnc(N4CCC(O)C(F)C4)n3)cc21. The summed E-state index contributed by atoms with van der Waals surface area (Å²) in [6, 6.07) is 3.75. The number of piperidine rings is 1. The molecule has 0 radical (unpaired) electrons. The van der Waals surface area contributed by atoms with Crippen LogP contribution in [0.25, 0.3) is 10.9 Å². The Morgan fingerprint density at radius 1 is 1.15 bits per heavy atom. The van der Waals surface area contributed by atoms with Gasteiger partial charge in [0.15, 0.2) is 12.2 Å². The first-order chi connectivity index (χ1) is 16.3. The van der Waals surface area contributed by atoms with Crippen LogP contribution in [0.15, 0.2) is 24.5 Å². The molecule has 0 aromatic carbocycles. The van der Waals surface area contributed by atoms with Crippen molar-refractivity contribution in [1.82, 2.24) is 29.6 Å². The number of hydrogen-bond acceptors (Lipinski definition) is 10. The maximum Gasteiger partial charge on any atom is 0.227 e. The number of rotatable bonds is 5. The highest BCUT2D eigenvalue weighted by Crippen LogP contribution is 2.32. The van der Waals surface area contributed by atoms with Crippen molar-refractivity contribution in [2.45, 2.75) is 44.9 Å². The fraction of sp³-hybridized carbons (Fsp3) is 0.545. The van der Waals surface area contributed by atoms with Gasteiger partial charge in [-0.2, -0.15) is 10.1 Å². The van der Waals surface area contributed by atoms with E-state index >= 15 is 0 Å². The average Bonchev–Trinajstić information content (AvgIpc) is 3.35. The lowest BCUT2D eigenvalue weighted by molar-refractivity contribution is 0.0586. The number of nitrogens with one attached hydrogen (secondary N) is 1. The molecule has 3 N–H and O–H groups in total. The van der Waals surface area contributed by atoms with Crippen LogP contribution in [0, 0.1) is 0 Å². The smallest absolute Gasteiger partial charge is 0.227 e. The van der Waals surface area contributed by atoms with Crippen LogP contribution in [-0.2, 0) is 0 Å². The predicted molar refractivity (Wildman–Crippen MR) is 127 cm³/mol. The summed E-state index contributed by atoms with van der Waals surface area (Å²) >= 11 is 0. The Balaban J connectivity index is 1.42. The van der Waals surface area contributed by atoms with E-state index < -0.39 is 18.6 Å². The van der Waals surface area contributed by atoms with Crippen LogP contribution in [-0.4, -0.2) is 91.7 Å². The monoisotopic (exact) mass is 471 g/mol. The van der Waals surface area contributed by atoms with Crippen molar-refractivity contribution in [3.05, 3.63) is 24.5 Å². The van der Waals surface area contributed by atoms with Gasteiger partial charge in [0.05, 0.1) is 23.6 Å². The van der Waals surface area contributed by atoms with Crippen LogP contribution in [0.3, 0.4) is 0 Å². The minimum atomic E-state index is -1.32. The Bertz CT molecular complexity index is 1170. The average molecular weight is 472 g/mol. The number of alkyl halides is 1. The lowest BCUT2D eigenvalue weighted by Crippen LogP contribution is -2.45. The Hall–Kier alpha value is -3.09. The second kappa shape index (κ2) is 8.93. The Morgan fingerprint density at radius 3 is 2.68 bits per heavy atom. The summed E-state index contributed by atoms with van der Waals surface area (Å²) in [6.45, 7) is 6.09. The fourth-order valence-corrected chi connectivity index (χ4v) is 4.42. The van der Waals surface area contributed by atoms with Crippen molar-refractivity contribution < 1.29 is 14.6 Å². The fourth-order valence-electron chi connectivity index (χ4n) is 4.42. The zero-order valence-electron chi connectivity index (χ0n) is 19.5. The third-order valence-electron chi connectivity index (χ3n) is 6.39. The van der Waals surface area contributed by atoms with Gasteiger partial charge in [-0.15, -0.1) is 0 Å². The standard InChI is InChI=1S/C22H30FN9O2/c1-13(2)32-16-10-19(25-11-14(16)20(28-32)31-9-8-29(3)22(31)34)26-18-4-6-24-21(27-18)30-7-5-17(33)15(23)12-30/h4,6,10-11,13,15,17,22,33-34H,5,7-9,12H2,1-3H3,(H,24,25,26,27).